The van der Waals surface area contributed by atoms with Crippen LogP contribution in [0, 0.1) is 6.92 Å². The van der Waals surface area contributed by atoms with E-state index in [1.54, 1.807) is 3.69 Å². The van der Waals surface area contributed by atoms with Gasteiger partial charge >= 0.3 is 20.4 Å². The van der Waals surface area contributed by atoms with Gasteiger partial charge in [0.2, 0.25) is 0 Å². The lowest BCUT2D eigenvalue weighted by atomic mass is 10.2. The minimum absolute atomic E-state index is 0. The molecule has 0 bridgehead atoms. The van der Waals surface area contributed by atoms with Crippen molar-refractivity contribution in [1.82, 2.24) is 0 Å². The van der Waals surface area contributed by atoms with E-state index >= 15 is 0 Å². The largest absolute Gasteiger partial charge is 0.414 e. The van der Waals surface area contributed by atoms with Crippen molar-refractivity contribution >= 4 is 36.5 Å². The summed E-state index contributed by atoms with van der Waals surface area (Å²) in [4.78, 5) is 0. The third kappa shape index (κ3) is 4.16. The van der Waals surface area contributed by atoms with Crippen molar-refractivity contribution in [1.29, 1.82) is 0 Å². The van der Waals surface area contributed by atoms with Crippen LogP contribution in [0.3, 0.4) is 0 Å². The molecule has 0 unspecified atom stereocenters. The Morgan fingerprint density at radius 1 is 0.875 bits per heavy atom. The van der Waals surface area contributed by atoms with E-state index in [-0.39, 0.29) is 32.8 Å². The van der Waals surface area contributed by atoms with Crippen molar-refractivity contribution in [3.8, 4) is 0 Å². The number of hydrogen-bond donors (Lipinski definition) is 0. The normalized spacial score (nSPS) is 9.06. The number of aryl methyl sites for hydroxylation is 1. The third-order valence-electron chi connectivity index (χ3n) is 2.67. The lowest BCUT2D eigenvalue weighted by molar-refractivity contribution is 1.39. The van der Waals surface area contributed by atoms with E-state index in [2.05, 4.69) is 61.5 Å². The van der Waals surface area contributed by atoms with Gasteiger partial charge in [-0.1, -0.05) is 65.7 Å². The van der Waals surface area contributed by atoms with E-state index < -0.39 is 0 Å². The summed E-state index contributed by atoms with van der Waals surface area (Å²) in [7, 11) is 0. The molecule has 0 N–H and O–H groups in total. The summed E-state index contributed by atoms with van der Waals surface area (Å²) in [5, 5.41) is 0. The summed E-state index contributed by atoms with van der Waals surface area (Å²) in [5.74, 6) is 0. The molecule has 0 atom stereocenters. The first-order valence-corrected chi connectivity index (χ1v) is 7.15. The maximum Gasteiger partial charge on any atom is 0.414 e. The molecular formula is C14H15ClMg. The Labute approximate surface area is 113 Å². The topological polar surface area (TPSA) is 0 Å². The first-order chi connectivity index (χ1) is 7.34. The van der Waals surface area contributed by atoms with E-state index in [1.807, 2.05) is 0 Å². The highest BCUT2D eigenvalue weighted by Gasteiger charge is 1.99. The molecule has 0 aromatic heterocycles. The molecule has 2 aromatic rings. The van der Waals surface area contributed by atoms with Crippen molar-refractivity contribution in [2.24, 2.45) is 0 Å². The standard InChI is InChI=1S/2C7H7.ClH.Mg/c2*1-7-5-3-2-4-6-7;;/h3-6H,1H3;2-6H,1H2;1H;. The SMILES string of the molecule is Cc1cc[c]([Mg][CH2]c2ccccc2)cc1.Cl. The van der Waals surface area contributed by atoms with Gasteiger partial charge in [0, 0.05) is 0 Å². The molecule has 0 aliphatic rings. The minimum atomic E-state index is -0.126. The third-order valence-corrected chi connectivity index (χ3v) is 4.54. The molecule has 0 saturated heterocycles. The molecule has 0 spiro atoms. The maximum atomic E-state index is 2.28. The summed E-state index contributed by atoms with van der Waals surface area (Å²) in [6, 6.07) is 19.8. The maximum absolute atomic E-state index is 2.28. The fourth-order valence-corrected chi connectivity index (χ4v) is 3.17. The van der Waals surface area contributed by atoms with Gasteiger partial charge in [0.05, 0.1) is 0 Å². The van der Waals surface area contributed by atoms with Gasteiger partial charge < -0.3 is 0 Å². The second-order valence-electron chi connectivity index (χ2n) is 3.97. The van der Waals surface area contributed by atoms with E-state index in [0.717, 1.165) is 0 Å². The highest BCUT2D eigenvalue weighted by molar-refractivity contribution is 6.52. The van der Waals surface area contributed by atoms with Crippen LogP contribution in [0.1, 0.15) is 11.1 Å². The van der Waals surface area contributed by atoms with Gasteiger partial charge in [-0.15, -0.1) is 17.0 Å². The lowest BCUT2D eigenvalue weighted by Gasteiger charge is -2.00. The van der Waals surface area contributed by atoms with Crippen LogP contribution in [0.25, 0.3) is 0 Å². The molecule has 0 aliphatic carbocycles. The second kappa shape index (κ2) is 6.95. The molecule has 2 aromatic carbocycles. The zero-order valence-electron chi connectivity index (χ0n) is 9.52. The van der Waals surface area contributed by atoms with Crippen LogP contribution in [0.4, 0.5) is 0 Å². The predicted octanol–water partition coefficient (Wildman–Crippen LogP) is 2.95. The summed E-state index contributed by atoms with van der Waals surface area (Å²) in [6.07, 6.45) is 0. The molecule has 2 rings (SSSR count). The smallest absolute Gasteiger partial charge is 0.173 e. The van der Waals surface area contributed by atoms with E-state index in [1.165, 1.54) is 15.7 Å². The van der Waals surface area contributed by atoms with Gasteiger partial charge in [-0.05, 0) is 6.92 Å². The average molecular weight is 243 g/mol. The molecule has 16 heavy (non-hydrogen) atoms. The minimum Gasteiger partial charge on any atom is -0.173 e. The van der Waals surface area contributed by atoms with Crippen LogP contribution in [0.15, 0.2) is 54.6 Å². The van der Waals surface area contributed by atoms with Crippen LogP contribution in [-0.4, -0.2) is 20.4 Å². The fourth-order valence-electron chi connectivity index (χ4n) is 1.69. The number of rotatable bonds is 3. The Morgan fingerprint density at radius 2 is 1.50 bits per heavy atom. The van der Waals surface area contributed by atoms with Crippen molar-refractivity contribution in [2.75, 3.05) is 0 Å². The van der Waals surface area contributed by atoms with Crippen molar-refractivity contribution in [3.05, 3.63) is 65.7 Å². The first-order valence-electron chi connectivity index (χ1n) is 5.44. The molecule has 80 valence electrons. The van der Waals surface area contributed by atoms with Crippen LogP contribution >= 0.6 is 12.4 Å². The summed E-state index contributed by atoms with van der Waals surface area (Å²) >= 11 is -0.126. The molecule has 0 aliphatic heterocycles. The Bertz CT molecular complexity index is 409. The Balaban J connectivity index is 0.00000128. The number of halogens is 1. The van der Waals surface area contributed by atoms with Crippen LogP contribution in [0.5, 0.6) is 0 Å². The summed E-state index contributed by atoms with van der Waals surface area (Å²) in [6.45, 7) is 2.14. The van der Waals surface area contributed by atoms with Crippen LogP contribution < -0.4 is 3.69 Å². The predicted molar refractivity (Wildman–Crippen MR) is 74.0 cm³/mol. The number of benzene rings is 2. The molecule has 0 amide bonds. The molecule has 2 heteroatoms. The zero-order chi connectivity index (χ0) is 10.5. The van der Waals surface area contributed by atoms with Gasteiger partial charge in [-0.3, -0.25) is 0 Å². The molecule has 0 fully saturated rings. The number of hydrogen-bond acceptors (Lipinski definition) is 0. The molecule has 0 nitrogen and oxygen atoms in total. The van der Waals surface area contributed by atoms with Gasteiger partial charge in [0.15, 0.2) is 0 Å². The van der Waals surface area contributed by atoms with Gasteiger partial charge in [-0.2, -0.15) is 3.69 Å². The van der Waals surface area contributed by atoms with Crippen molar-refractivity contribution < 1.29 is 0 Å². The Hall–Kier alpha value is -0.504. The molecule has 0 heterocycles. The van der Waals surface area contributed by atoms with Crippen LogP contribution in [-0.2, 0) is 4.55 Å². The Kier molecular flexibility index (Phi) is 5.89. The first kappa shape index (κ1) is 13.6. The molecular weight excluding hydrogens is 228 g/mol. The second-order valence-corrected chi connectivity index (χ2v) is 5.79. The van der Waals surface area contributed by atoms with E-state index in [9.17, 15) is 0 Å². The summed E-state index contributed by atoms with van der Waals surface area (Å²) in [5.41, 5.74) is 2.83. The van der Waals surface area contributed by atoms with Crippen molar-refractivity contribution in [2.45, 2.75) is 11.5 Å². The van der Waals surface area contributed by atoms with E-state index in [4.69, 9.17) is 0 Å². The highest BCUT2D eigenvalue weighted by atomic mass is 35.5. The van der Waals surface area contributed by atoms with Gasteiger partial charge in [0.25, 0.3) is 0 Å². The fraction of sp³-hybridized carbons (Fsp3) is 0.143. The van der Waals surface area contributed by atoms with Crippen LogP contribution in [0.2, 0.25) is 0 Å². The Morgan fingerprint density at radius 3 is 2.12 bits per heavy atom. The average Bonchev–Trinajstić information content (AvgIpc) is 2.30. The quantitative estimate of drug-likeness (QED) is 0.727. The molecule has 0 radical (unpaired) electrons. The highest BCUT2D eigenvalue weighted by Crippen LogP contribution is 1.99. The van der Waals surface area contributed by atoms with E-state index in [0.29, 0.717) is 0 Å². The molecule has 0 saturated carbocycles. The monoisotopic (exact) mass is 242 g/mol. The summed E-state index contributed by atoms with van der Waals surface area (Å²) < 4.78 is 2.83. The van der Waals surface area contributed by atoms with Gasteiger partial charge in [-0.25, -0.2) is 0 Å². The zero-order valence-corrected chi connectivity index (χ0v) is 11.7. The van der Waals surface area contributed by atoms with Crippen molar-refractivity contribution in [3.63, 3.8) is 0 Å². The van der Waals surface area contributed by atoms with Gasteiger partial charge in [0.1, 0.15) is 0 Å². The lowest BCUT2D eigenvalue weighted by Crippen LogP contribution is -2.16.